The Kier molecular flexibility index (Phi) is 4.68. The van der Waals surface area contributed by atoms with Crippen molar-refractivity contribution in [3.63, 3.8) is 0 Å². The first kappa shape index (κ1) is 14.9. The molecule has 2 aromatic rings. The summed E-state index contributed by atoms with van der Waals surface area (Å²) in [6, 6.07) is 12.8. The monoisotopic (exact) mass is 353 g/mol. The van der Waals surface area contributed by atoms with Gasteiger partial charge in [-0.25, -0.2) is 4.79 Å². The Bertz CT molecular complexity index is 628. The number of nitrogens with zero attached hydrogens (tertiary/aromatic N) is 1. The minimum absolute atomic E-state index is 0.191. The number of benzene rings is 2. The third-order valence-corrected chi connectivity index (χ3v) is 3.77. The van der Waals surface area contributed by atoms with E-state index in [4.69, 9.17) is 16.7 Å². The van der Waals surface area contributed by atoms with Crippen molar-refractivity contribution in [2.45, 2.75) is 6.54 Å². The van der Waals surface area contributed by atoms with Crippen molar-refractivity contribution in [2.75, 3.05) is 11.9 Å². The van der Waals surface area contributed by atoms with E-state index in [2.05, 4.69) is 15.9 Å². The first-order valence-electron chi connectivity index (χ1n) is 5.96. The summed E-state index contributed by atoms with van der Waals surface area (Å²) in [5, 5.41) is 9.36. The van der Waals surface area contributed by atoms with Crippen molar-refractivity contribution in [1.82, 2.24) is 0 Å². The predicted molar refractivity (Wildman–Crippen MR) is 84.7 cm³/mol. The molecule has 0 bridgehead atoms. The third-order valence-electron chi connectivity index (χ3n) is 2.94. The van der Waals surface area contributed by atoms with Crippen LogP contribution in [0, 0.1) is 0 Å². The lowest BCUT2D eigenvalue weighted by Gasteiger charge is -2.21. The summed E-state index contributed by atoms with van der Waals surface area (Å²) in [7, 11) is 1.92. The van der Waals surface area contributed by atoms with Crippen LogP contribution in [0.2, 0.25) is 5.02 Å². The van der Waals surface area contributed by atoms with E-state index >= 15 is 0 Å². The van der Waals surface area contributed by atoms with Gasteiger partial charge in [0.1, 0.15) is 0 Å². The van der Waals surface area contributed by atoms with Crippen molar-refractivity contribution in [1.29, 1.82) is 0 Å². The van der Waals surface area contributed by atoms with Gasteiger partial charge in [0.2, 0.25) is 0 Å². The quantitative estimate of drug-likeness (QED) is 0.882. The molecule has 0 atom stereocenters. The average molecular weight is 355 g/mol. The second-order valence-electron chi connectivity index (χ2n) is 4.45. The summed E-state index contributed by atoms with van der Waals surface area (Å²) >= 11 is 9.55. The second-order valence-corrected chi connectivity index (χ2v) is 5.78. The number of anilines is 1. The molecule has 0 radical (unpaired) electrons. The standard InChI is InChI=1S/C15H13BrClNO2/c1-18(9-10-2-5-12(16)6-3-10)14-7-4-11(15(19)20)8-13(14)17/h2-8H,9H2,1H3,(H,19,20). The molecule has 0 aliphatic rings. The zero-order chi connectivity index (χ0) is 14.7. The van der Waals surface area contributed by atoms with Gasteiger partial charge >= 0.3 is 5.97 Å². The Morgan fingerprint density at radius 2 is 1.90 bits per heavy atom. The van der Waals surface area contributed by atoms with Crippen LogP contribution in [0.4, 0.5) is 5.69 Å². The van der Waals surface area contributed by atoms with Crippen LogP contribution in [0.1, 0.15) is 15.9 Å². The molecule has 20 heavy (non-hydrogen) atoms. The van der Waals surface area contributed by atoms with Crippen LogP contribution in [-0.4, -0.2) is 18.1 Å². The molecule has 2 rings (SSSR count). The van der Waals surface area contributed by atoms with Crippen LogP contribution in [0.3, 0.4) is 0 Å². The van der Waals surface area contributed by atoms with Crippen LogP contribution in [0.25, 0.3) is 0 Å². The largest absolute Gasteiger partial charge is 0.478 e. The normalized spacial score (nSPS) is 10.3. The maximum atomic E-state index is 10.9. The Morgan fingerprint density at radius 3 is 2.45 bits per heavy atom. The third kappa shape index (κ3) is 3.52. The highest BCUT2D eigenvalue weighted by Gasteiger charge is 2.10. The summed E-state index contributed by atoms with van der Waals surface area (Å²) < 4.78 is 1.03. The number of rotatable bonds is 4. The lowest BCUT2D eigenvalue weighted by Crippen LogP contribution is -2.17. The molecular formula is C15H13BrClNO2. The molecule has 0 unspecified atom stereocenters. The lowest BCUT2D eigenvalue weighted by atomic mass is 10.1. The fourth-order valence-electron chi connectivity index (χ4n) is 1.90. The maximum absolute atomic E-state index is 10.9. The Balaban J connectivity index is 2.18. The first-order chi connectivity index (χ1) is 9.47. The van der Waals surface area contributed by atoms with Crippen molar-refractivity contribution >= 4 is 39.2 Å². The Morgan fingerprint density at radius 1 is 1.25 bits per heavy atom. The van der Waals surface area contributed by atoms with Crippen LogP contribution in [0.5, 0.6) is 0 Å². The summed E-state index contributed by atoms with van der Waals surface area (Å²) in [6.07, 6.45) is 0. The molecule has 0 aliphatic carbocycles. The average Bonchev–Trinajstić information content (AvgIpc) is 2.41. The van der Waals surface area contributed by atoms with E-state index < -0.39 is 5.97 Å². The molecule has 0 fully saturated rings. The fourth-order valence-corrected chi connectivity index (χ4v) is 2.49. The molecule has 0 aromatic heterocycles. The van der Waals surface area contributed by atoms with E-state index in [0.29, 0.717) is 11.6 Å². The molecule has 0 heterocycles. The van der Waals surface area contributed by atoms with Crippen molar-refractivity contribution in [2.24, 2.45) is 0 Å². The smallest absolute Gasteiger partial charge is 0.335 e. The molecular weight excluding hydrogens is 342 g/mol. The fraction of sp³-hybridized carbons (Fsp3) is 0.133. The number of hydrogen-bond acceptors (Lipinski definition) is 2. The minimum Gasteiger partial charge on any atom is -0.478 e. The van der Waals surface area contributed by atoms with Gasteiger partial charge in [0.05, 0.1) is 16.3 Å². The van der Waals surface area contributed by atoms with E-state index in [1.165, 1.54) is 6.07 Å². The number of aromatic carboxylic acids is 1. The molecule has 1 N–H and O–H groups in total. The van der Waals surface area contributed by atoms with Gasteiger partial charge in [-0.1, -0.05) is 39.7 Å². The minimum atomic E-state index is -0.978. The number of carbonyl (C=O) groups is 1. The van der Waals surface area contributed by atoms with Gasteiger partial charge in [0, 0.05) is 18.1 Å². The molecule has 3 nitrogen and oxygen atoms in total. The summed E-state index contributed by atoms with van der Waals surface area (Å²) in [4.78, 5) is 12.9. The molecule has 0 saturated carbocycles. The van der Waals surface area contributed by atoms with Gasteiger partial charge in [-0.3, -0.25) is 0 Å². The number of halogens is 2. The first-order valence-corrected chi connectivity index (χ1v) is 7.13. The van der Waals surface area contributed by atoms with Gasteiger partial charge in [-0.15, -0.1) is 0 Å². The van der Waals surface area contributed by atoms with Crippen LogP contribution in [0.15, 0.2) is 46.9 Å². The number of carboxylic acids is 1. The molecule has 0 aliphatic heterocycles. The van der Waals surface area contributed by atoms with Gasteiger partial charge in [-0.05, 0) is 35.9 Å². The second kappa shape index (κ2) is 6.29. The van der Waals surface area contributed by atoms with Crippen LogP contribution in [-0.2, 0) is 6.54 Å². The zero-order valence-corrected chi connectivity index (χ0v) is 13.1. The molecule has 5 heteroatoms. The van der Waals surface area contributed by atoms with Gasteiger partial charge in [0.15, 0.2) is 0 Å². The van der Waals surface area contributed by atoms with Crippen molar-refractivity contribution < 1.29 is 9.90 Å². The number of carboxylic acid groups (broad SMARTS) is 1. The van der Waals surface area contributed by atoms with E-state index in [0.717, 1.165) is 15.7 Å². The molecule has 0 amide bonds. The summed E-state index contributed by atoms with van der Waals surface area (Å²) in [5.41, 5.74) is 2.14. The topological polar surface area (TPSA) is 40.5 Å². The summed E-state index contributed by atoms with van der Waals surface area (Å²) in [5.74, 6) is -0.978. The van der Waals surface area contributed by atoms with Gasteiger partial charge in [0.25, 0.3) is 0 Å². The zero-order valence-electron chi connectivity index (χ0n) is 10.8. The van der Waals surface area contributed by atoms with Crippen LogP contribution >= 0.6 is 27.5 Å². The van der Waals surface area contributed by atoms with Gasteiger partial charge in [-0.2, -0.15) is 0 Å². The molecule has 104 valence electrons. The lowest BCUT2D eigenvalue weighted by molar-refractivity contribution is 0.0697. The van der Waals surface area contributed by atoms with E-state index in [1.807, 2.05) is 36.2 Å². The van der Waals surface area contributed by atoms with Crippen molar-refractivity contribution in [3.05, 3.63) is 63.1 Å². The van der Waals surface area contributed by atoms with Crippen LogP contribution < -0.4 is 4.90 Å². The van der Waals surface area contributed by atoms with E-state index in [-0.39, 0.29) is 5.56 Å². The van der Waals surface area contributed by atoms with Crippen molar-refractivity contribution in [3.8, 4) is 0 Å². The van der Waals surface area contributed by atoms with E-state index in [9.17, 15) is 4.79 Å². The molecule has 0 saturated heterocycles. The highest BCUT2D eigenvalue weighted by atomic mass is 79.9. The van der Waals surface area contributed by atoms with Gasteiger partial charge < -0.3 is 10.0 Å². The highest BCUT2D eigenvalue weighted by Crippen LogP contribution is 2.27. The predicted octanol–water partition coefficient (Wildman–Crippen LogP) is 4.44. The maximum Gasteiger partial charge on any atom is 0.335 e. The number of hydrogen-bond donors (Lipinski definition) is 1. The Hall–Kier alpha value is -1.52. The Labute approximate surface area is 130 Å². The highest BCUT2D eigenvalue weighted by molar-refractivity contribution is 9.10. The summed E-state index contributed by atoms with van der Waals surface area (Å²) in [6.45, 7) is 0.694. The van der Waals surface area contributed by atoms with E-state index in [1.54, 1.807) is 12.1 Å². The SMILES string of the molecule is CN(Cc1ccc(Br)cc1)c1ccc(C(=O)O)cc1Cl. The molecule has 2 aromatic carbocycles. The molecule has 0 spiro atoms.